The highest BCUT2D eigenvalue weighted by Crippen LogP contribution is 2.31. The summed E-state index contributed by atoms with van der Waals surface area (Å²) in [5.74, 6) is 0.234. The zero-order valence-electron chi connectivity index (χ0n) is 19.0. The number of nitrogens with two attached hydrogens (primary N) is 1. The van der Waals surface area contributed by atoms with Gasteiger partial charge >= 0.3 is 0 Å². The predicted octanol–water partition coefficient (Wildman–Crippen LogP) is 3.28. The topological polar surface area (TPSA) is 122 Å². The maximum absolute atomic E-state index is 13.5. The summed E-state index contributed by atoms with van der Waals surface area (Å²) in [7, 11) is 0. The summed E-state index contributed by atoms with van der Waals surface area (Å²) in [5.41, 5.74) is 7.16. The number of carbonyl (C=O) groups excluding carboxylic acids is 2. The minimum atomic E-state index is -0.601. The Bertz CT molecular complexity index is 1040. The number of carbonyl (C=O) groups is 2. The van der Waals surface area contributed by atoms with Crippen LogP contribution in [0.15, 0.2) is 72.8 Å². The third-order valence-electron chi connectivity index (χ3n) is 4.79. The van der Waals surface area contributed by atoms with Crippen molar-refractivity contribution < 1.29 is 29.3 Å². The van der Waals surface area contributed by atoms with Gasteiger partial charge < -0.3 is 25.4 Å². The van der Waals surface area contributed by atoms with Crippen molar-refractivity contribution in [2.45, 2.75) is 26.1 Å². The molecule has 0 bridgehead atoms. The van der Waals surface area contributed by atoms with Crippen LogP contribution in [0.2, 0.25) is 0 Å². The van der Waals surface area contributed by atoms with Gasteiger partial charge in [-0.05, 0) is 86.6 Å². The minimum absolute atomic E-state index is 0.155. The molecule has 178 valence electrons. The summed E-state index contributed by atoms with van der Waals surface area (Å²) >= 11 is 0. The third kappa shape index (κ3) is 6.57. The third-order valence-corrected chi connectivity index (χ3v) is 4.79. The number of benzene rings is 3. The number of amides is 2. The molecule has 2 amide bonds. The standard InChI is InChI=1S/C26H28N2O6/c1-17(29)15-33-23-11-7-21(8-12-23)28(22-9-13-24(14-10-22)34-16-18(2)30)26(32)20-5-3-19(4-6-20)25(27)31/h3-14,17-18,29-30H,15-16H2,1-2H3,(H2,27,31). The van der Waals surface area contributed by atoms with Crippen LogP contribution in [0, 0.1) is 0 Å². The molecule has 3 aromatic rings. The van der Waals surface area contributed by atoms with E-state index in [0.717, 1.165) is 0 Å². The zero-order valence-corrected chi connectivity index (χ0v) is 19.0. The van der Waals surface area contributed by atoms with E-state index in [1.54, 1.807) is 74.5 Å². The fraction of sp³-hybridized carbons (Fsp3) is 0.231. The molecule has 8 nitrogen and oxygen atoms in total. The van der Waals surface area contributed by atoms with Crippen LogP contribution in [0.25, 0.3) is 0 Å². The Labute approximate surface area is 198 Å². The van der Waals surface area contributed by atoms with Crippen molar-refractivity contribution in [1.29, 1.82) is 0 Å². The van der Waals surface area contributed by atoms with Crippen LogP contribution in [0.5, 0.6) is 11.5 Å². The molecule has 0 aromatic heterocycles. The molecule has 0 spiro atoms. The van der Waals surface area contributed by atoms with Gasteiger partial charge in [0.05, 0.1) is 12.2 Å². The van der Waals surface area contributed by atoms with Gasteiger partial charge in [0.2, 0.25) is 5.91 Å². The number of primary amides is 1. The van der Waals surface area contributed by atoms with Crippen LogP contribution in [0.3, 0.4) is 0 Å². The Kier molecular flexibility index (Phi) is 8.24. The van der Waals surface area contributed by atoms with Crippen molar-refractivity contribution in [1.82, 2.24) is 0 Å². The summed E-state index contributed by atoms with van der Waals surface area (Å²) in [6, 6.07) is 19.9. The molecule has 0 aliphatic carbocycles. The molecule has 0 radical (unpaired) electrons. The molecule has 0 saturated carbocycles. The van der Waals surface area contributed by atoms with E-state index in [1.807, 2.05) is 0 Å². The molecule has 0 saturated heterocycles. The second kappa shape index (κ2) is 11.3. The van der Waals surface area contributed by atoms with E-state index < -0.39 is 18.1 Å². The Morgan fingerprint density at radius 1 is 0.735 bits per heavy atom. The molecular formula is C26H28N2O6. The number of aliphatic hydroxyl groups excluding tert-OH is 2. The van der Waals surface area contributed by atoms with Crippen LogP contribution < -0.4 is 20.1 Å². The first-order chi connectivity index (χ1) is 16.2. The maximum Gasteiger partial charge on any atom is 0.262 e. The van der Waals surface area contributed by atoms with Crippen molar-refractivity contribution in [3.8, 4) is 11.5 Å². The molecular weight excluding hydrogens is 436 g/mol. The lowest BCUT2D eigenvalue weighted by Crippen LogP contribution is -2.26. The van der Waals surface area contributed by atoms with Gasteiger partial charge in [-0.1, -0.05) is 0 Å². The van der Waals surface area contributed by atoms with Crippen LogP contribution >= 0.6 is 0 Å². The van der Waals surface area contributed by atoms with E-state index in [2.05, 4.69) is 0 Å². The van der Waals surface area contributed by atoms with Crippen molar-refractivity contribution >= 4 is 23.2 Å². The number of hydrogen-bond acceptors (Lipinski definition) is 6. The minimum Gasteiger partial charge on any atom is -0.491 e. The van der Waals surface area contributed by atoms with E-state index in [1.165, 1.54) is 17.0 Å². The molecule has 3 rings (SSSR count). The lowest BCUT2D eigenvalue weighted by atomic mass is 10.1. The first kappa shape index (κ1) is 24.8. The van der Waals surface area contributed by atoms with E-state index >= 15 is 0 Å². The van der Waals surface area contributed by atoms with Gasteiger partial charge in [0.1, 0.15) is 24.7 Å². The largest absolute Gasteiger partial charge is 0.491 e. The van der Waals surface area contributed by atoms with Gasteiger partial charge in [-0.15, -0.1) is 0 Å². The summed E-state index contributed by atoms with van der Waals surface area (Å²) in [6.07, 6.45) is -1.20. The second-order valence-electron chi connectivity index (χ2n) is 7.89. The normalized spacial score (nSPS) is 12.5. The highest BCUT2D eigenvalue weighted by molar-refractivity contribution is 6.11. The maximum atomic E-state index is 13.5. The number of aliphatic hydroxyl groups is 2. The zero-order chi connectivity index (χ0) is 24.7. The van der Waals surface area contributed by atoms with E-state index in [0.29, 0.717) is 34.0 Å². The van der Waals surface area contributed by atoms with E-state index in [4.69, 9.17) is 15.2 Å². The average Bonchev–Trinajstić information content (AvgIpc) is 2.83. The summed E-state index contributed by atoms with van der Waals surface area (Å²) in [4.78, 5) is 26.4. The van der Waals surface area contributed by atoms with E-state index in [-0.39, 0.29) is 19.1 Å². The smallest absolute Gasteiger partial charge is 0.262 e. The lowest BCUT2D eigenvalue weighted by molar-refractivity contribution is 0.0988. The van der Waals surface area contributed by atoms with Gasteiger partial charge in [-0.3, -0.25) is 14.5 Å². The van der Waals surface area contributed by atoms with Crippen LogP contribution in [0.1, 0.15) is 34.6 Å². The molecule has 0 fully saturated rings. The fourth-order valence-electron chi connectivity index (χ4n) is 3.11. The van der Waals surface area contributed by atoms with Crippen molar-refractivity contribution in [3.05, 3.63) is 83.9 Å². The van der Waals surface area contributed by atoms with Crippen LogP contribution in [-0.2, 0) is 0 Å². The van der Waals surface area contributed by atoms with Crippen LogP contribution in [-0.4, -0.2) is 47.4 Å². The highest BCUT2D eigenvalue weighted by atomic mass is 16.5. The lowest BCUT2D eigenvalue weighted by Gasteiger charge is -2.24. The van der Waals surface area contributed by atoms with E-state index in [9.17, 15) is 19.8 Å². The Hall–Kier alpha value is -3.88. The molecule has 34 heavy (non-hydrogen) atoms. The molecule has 3 aromatic carbocycles. The van der Waals surface area contributed by atoms with Gasteiger partial charge in [-0.25, -0.2) is 0 Å². The Balaban J connectivity index is 1.92. The average molecular weight is 465 g/mol. The first-order valence-electron chi connectivity index (χ1n) is 10.8. The van der Waals surface area contributed by atoms with Crippen molar-refractivity contribution in [2.24, 2.45) is 5.73 Å². The molecule has 2 unspecified atom stereocenters. The predicted molar refractivity (Wildman–Crippen MR) is 129 cm³/mol. The molecule has 0 heterocycles. The molecule has 0 aliphatic heterocycles. The monoisotopic (exact) mass is 464 g/mol. The van der Waals surface area contributed by atoms with Crippen molar-refractivity contribution in [2.75, 3.05) is 18.1 Å². The second-order valence-corrected chi connectivity index (χ2v) is 7.89. The van der Waals surface area contributed by atoms with Crippen molar-refractivity contribution in [3.63, 3.8) is 0 Å². The fourth-order valence-corrected chi connectivity index (χ4v) is 3.11. The van der Waals surface area contributed by atoms with Gasteiger partial charge in [0.25, 0.3) is 5.91 Å². The number of hydrogen-bond donors (Lipinski definition) is 3. The molecule has 0 aliphatic rings. The van der Waals surface area contributed by atoms with Gasteiger partial charge in [0, 0.05) is 22.5 Å². The summed E-state index contributed by atoms with van der Waals surface area (Å²) in [6.45, 7) is 3.57. The number of rotatable bonds is 10. The number of anilines is 2. The van der Waals surface area contributed by atoms with Gasteiger partial charge in [0.15, 0.2) is 0 Å². The molecule has 2 atom stereocenters. The van der Waals surface area contributed by atoms with Gasteiger partial charge in [-0.2, -0.15) is 0 Å². The number of ether oxygens (including phenoxy) is 2. The quantitative estimate of drug-likeness (QED) is 0.423. The number of nitrogens with zero attached hydrogens (tertiary/aromatic N) is 1. The summed E-state index contributed by atoms with van der Waals surface area (Å²) < 4.78 is 11.0. The first-order valence-corrected chi connectivity index (χ1v) is 10.8. The highest BCUT2D eigenvalue weighted by Gasteiger charge is 2.21. The molecule has 4 N–H and O–H groups in total. The Morgan fingerprint density at radius 2 is 1.12 bits per heavy atom. The molecule has 8 heteroatoms. The SMILES string of the molecule is CC(O)COc1ccc(N(C(=O)c2ccc(C(N)=O)cc2)c2ccc(OCC(C)O)cc2)cc1. The Morgan fingerprint density at radius 3 is 1.47 bits per heavy atom. The summed E-state index contributed by atoms with van der Waals surface area (Å²) in [5, 5.41) is 18.8. The van der Waals surface area contributed by atoms with Crippen LogP contribution in [0.4, 0.5) is 11.4 Å².